The minimum atomic E-state index is -0.637. The summed E-state index contributed by atoms with van der Waals surface area (Å²) in [6.45, 7) is 3.75. The lowest BCUT2D eigenvalue weighted by Crippen LogP contribution is -2.20. The number of esters is 1. The lowest BCUT2D eigenvalue weighted by atomic mass is 10.0. The van der Waals surface area contributed by atoms with E-state index in [1.807, 2.05) is 24.3 Å². The number of carbonyl (C=O) groups is 2. The summed E-state index contributed by atoms with van der Waals surface area (Å²) in [6.07, 6.45) is 2.87. The van der Waals surface area contributed by atoms with E-state index in [0.717, 1.165) is 5.56 Å². The summed E-state index contributed by atoms with van der Waals surface area (Å²) >= 11 is 0. The van der Waals surface area contributed by atoms with E-state index in [4.69, 9.17) is 4.74 Å². The standard InChI is InChI=1S/C20H20N2O5/c1-14(2)16-6-3-15(4-7-16)5-12-20(24)27-13-19(23)21-17-8-10-18(11-9-17)22(25)26/h3-12,14H,13H2,1-2H3,(H,21,23). The van der Waals surface area contributed by atoms with Crippen LogP contribution in [0.1, 0.15) is 30.9 Å². The molecule has 7 heteroatoms. The van der Waals surface area contributed by atoms with Gasteiger partial charge in [0.05, 0.1) is 4.92 Å². The Morgan fingerprint density at radius 3 is 2.30 bits per heavy atom. The van der Waals surface area contributed by atoms with Gasteiger partial charge in [0.25, 0.3) is 11.6 Å². The first-order valence-corrected chi connectivity index (χ1v) is 8.34. The first kappa shape index (κ1) is 19.8. The largest absolute Gasteiger partial charge is 0.452 e. The molecule has 0 fully saturated rings. The molecule has 140 valence electrons. The Balaban J connectivity index is 1.80. The number of hydrogen-bond donors (Lipinski definition) is 1. The quantitative estimate of drug-likeness (QED) is 0.346. The molecule has 0 atom stereocenters. The van der Waals surface area contributed by atoms with E-state index >= 15 is 0 Å². The molecule has 27 heavy (non-hydrogen) atoms. The minimum Gasteiger partial charge on any atom is -0.452 e. The molecule has 0 saturated heterocycles. The van der Waals surface area contributed by atoms with Gasteiger partial charge in [-0.1, -0.05) is 38.1 Å². The van der Waals surface area contributed by atoms with Crippen molar-refractivity contribution in [3.8, 4) is 0 Å². The number of amides is 1. The maximum atomic E-state index is 11.8. The maximum Gasteiger partial charge on any atom is 0.331 e. The fourth-order valence-electron chi connectivity index (χ4n) is 2.20. The van der Waals surface area contributed by atoms with Gasteiger partial charge in [0.2, 0.25) is 0 Å². The summed E-state index contributed by atoms with van der Waals surface area (Å²) in [6, 6.07) is 13.1. The van der Waals surface area contributed by atoms with E-state index in [9.17, 15) is 19.7 Å². The number of benzene rings is 2. The molecule has 2 rings (SSSR count). The van der Waals surface area contributed by atoms with Gasteiger partial charge in [0.15, 0.2) is 6.61 Å². The maximum absolute atomic E-state index is 11.8. The zero-order chi connectivity index (χ0) is 19.8. The molecular formula is C20H20N2O5. The normalized spacial score (nSPS) is 10.8. The average Bonchev–Trinajstić information content (AvgIpc) is 2.65. The first-order chi connectivity index (χ1) is 12.8. The van der Waals surface area contributed by atoms with Crippen molar-refractivity contribution in [3.05, 3.63) is 75.8 Å². The van der Waals surface area contributed by atoms with E-state index in [1.54, 1.807) is 6.08 Å². The zero-order valence-corrected chi connectivity index (χ0v) is 15.0. The van der Waals surface area contributed by atoms with Crippen LogP contribution in [0.25, 0.3) is 6.08 Å². The van der Waals surface area contributed by atoms with Crippen molar-refractivity contribution in [1.82, 2.24) is 0 Å². The second kappa shape index (κ2) is 9.28. The lowest BCUT2D eigenvalue weighted by molar-refractivity contribution is -0.384. The highest BCUT2D eigenvalue weighted by atomic mass is 16.6. The SMILES string of the molecule is CC(C)c1ccc(C=CC(=O)OCC(=O)Nc2ccc([N+](=O)[O-])cc2)cc1. The molecule has 0 saturated carbocycles. The monoisotopic (exact) mass is 368 g/mol. The first-order valence-electron chi connectivity index (χ1n) is 8.34. The van der Waals surface area contributed by atoms with Crippen molar-refractivity contribution >= 4 is 29.3 Å². The van der Waals surface area contributed by atoms with E-state index in [1.165, 1.54) is 35.9 Å². The van der Waals surface area contributed by atoms with Crippen LogP contribution in [0.3, 0.4) is 0 Å². The second-order valence-corrected chi connectivity index (χ2v) is 6.11. The van der Waals surface area contributed by atoms with Crippen LogP contribution >= 0.6 is 0 Å². The summed E-state index contributed by atoms with van der Waals surface area (Å²) < 4.78 is 4.88. The highest BCUT2D eigenvalue weighted by Crippen LogP contribution is 2.16. The summed E-state index contributed by atoms with van der Waals surface area (Å²) in [5.41, 5.74) is 2.36. The van der Waals surface area contributed by atoms with Crippen LogP contribution in [0.2, 0.25) is 0 Å². The van der Waals surface area contributed by atoms with Crippen LogP contribution in [-0.4, -0.2) is 23.4 Å². The summed E-state index contributed by atoms with van der Waals surface area (Å²) in [5, 5.41) is 13.1. The molecule has 2 aromatic carbocycles. The number of nitro benzene ring substituents is 1. The van der Waals surface area contributed by atoms with Crippen molar-refractivity contribution in [2.24, 2.45) is 0 Å². The van der Waals surface area contributed by atoms with Crippen molar-refractivity contribution < 1.29 is 19.2 Å². The third kappa shape index (κ3) is 6.39. The van der Waals surface area contributed by atoms with Crippen LogP contribution in [0.5, 0.6) is 0 Å². The molecule has 0 aromatic heterocycles. The average molecular weight is 368 g/mol. The number of non-ortho nitro benzene ring substituents is 1. The number of anilines is 1. The predicted molar refractivity (Wildman–Crippen MR) is 102 cm³/mol. The summed E-state index contributed by atoms with van der Waals surface area (Å²) in [4.78, 5) is 33.5. The number of carbonyl (C=O) groups excluding carboxylic acids is 2. The van der Waals surface area contributed by atoms with E-state index in [0.29, 0.717) is 11.6 Å². The van der Waals surface area contributed by atoms with Gasteiger partial charge < -0.3 is 10.1 Å². The molecule has 0 bridgehead atoms. The van der Waals surface area contributed by atoms with Gasteiger partial charge in [-0.3, -0.25) is 14.9 Å². The number of hydrogen-bond acceptors (Lipinski definition) is 5. The van der Waals surface area contributed by atoms with Gasteiger partial charge in [-0.05, 0) is 35.3 Å². The van der Waals surface area contributed by atoms with Crippen molar-refractivity contribution in [1.29, 1.82) is 0 Å². The third-order valence-electron chi connectivity index (χ3n) is 3.72. The van der Waals surface area contributed by atoms with Crippen LogP contribution < -0.4 is 5.32 Å². The van der Waals surface area contributed by atoms with E-state index in [-0.39, 0.29) is 5.69 Å². The number of nitrogens with one attached hydrogen (secondary N) is 1. The van der Waals surface area contributed by atoms with Gasteiger partial charge in [-0.2, -0.15) is 0 Å². The molecule has 2 aromatic rings. The van der Waals surface area contributed by atoms with Crippen LogP contribution in [0.15, 0.2) is 54.6 Å². The lowest BCUT2D eigenvalue weighted by Gasteiger charge is -2.05. The number of rotatable bonds is 7. The number of ether oxygens (including phenoxy) is 1. The van der Waals surface area contributed by atoms with Gasteiger partial charge in [-0.15, -0.1) is 0 Å². The topological polar surface area (TPSA) is 98.5 Å². The second-order valence-electron chi connectivity index (χ2n) is 6.11. The fourth-order valence-corrected chi connectivity index (χ4v) is 2.20. The highest BCUT2D eigenvalue weighted by molar-refractivity contribution is 5.94. The molecule has 0 aliphatic rings. The van der Waals surface area contributed by atoms with Gasteiger partial charge >= 0.3 is 5.97 Å². The molecule has 7 nitrogen and oxygen atoms in total. The Hall–Kier alpha value is -3.48. The number of nitrogens with zero attached hydrogens (tertiary/aromatic N) is 1. The molecular weight excluding hydrogens is 348 g/mol. The van der Waals surface area contributed by atoms with Crippen molar-refractivity contribution in [2.45, 2.75) is 19.8 Å². The molecule has 0 radical (unpaired) electrons. The van der Waals surface area contributed by atoms with Gasteiger partial charge in [0, 0.05) is 23.9 Å². The minimum absolute atomic E-state index is 0.0778. The molecule has 0 spiro atoms. The third-order valence-corrected chi connectivity index (χ3v) is 3.72. The Kier molecular flexibility index (Phi) is 6.82. The Labute approximate surface area is 156 Å². The molecule has 0 heterocycles. The molecule has 0 aliphatic carbocycles. The Morgan fingerprint density at radius 2 is 1.74 bits per heavy atom. The molecule has 1 N–H and O–H groups in total. The van der Waals surface area contributed by atoms with Crippen LogP contribution in [0, 0.1) is 10.1 Å². The molecule has 1 amide bonds. The molecule has 0 unspecified atom stereocenters. The zero-order valence-electron chi connectivity index (χ0n) is 15.0. The highest BCUT2D eigenvalue weighted by Gasteiger charge is 2.08. The molecule has 0 aliphatic heterocycles. The van der Waals surface area contributed by atoms with Crippen molar-refractivity contribution in [2.75, 3.05) is 11.9 Å². The van der Waals surface area contributed by atoms with Crippen molar-refractivity contribution in [3.63, 3.8) is 0 Å². The fraction of sp³-hybridized carbons (Fsp3) is 0.200. The summed E-state index contributed by atoms with van der Waals surface area (Å²) in [5.74, 6) is -0.740. The Bertz CT molecular complexity index is 840. The van der Waals surface area contributed by atoms with Gasteiger partial charge in [0.1, 0.15) is 0 Å². The smallest absolute Gasteiger partial charge is 0.331 e. The van der Waals surface area contributed by atoms with E-state index in [2.05, 4.69) is 19.2 Å². The van der Waals surface area contributed by atoms with E-state index < -0.39 is 23.4 Å². The predicted octanol–water partition coefficient (Wildman–Crippen LogP) is 3.91. The van der Waals surface area contributed by atoms with Gasteiger partial charge in [-0.25, -0.2) is 4.79 Å². The Morgan fingerprint density at radius 1 is 1.11 bits per heavy atom. The van der Waals surface area contributed by atoms with Crippen LogP contribution in [-0.2, 0) is 14.3 Å². The number of nitro groups is 1. The van der Waals surface area contributed by atoms with Crippen LogP contribution in [0.4, 0.5) is 11.4 Å². The summed E-state index contributed by atoms with van der Waals surface area (Å²) in [7, 11) is 0.